The molecule has 1 fully saturated rings. The van der Waals surface area contributed by atoms with Crippen molar-refractivity contribution in [3.05, 3.63) is 64.7 Å². The molecule has 37 heavy (non-hydrogen) atoms. The highest BCUT2D eigenvalue weighted by Gasteiger charge is 2.29. The average Bonchev–Trinajstić information content (AvgIpc) is 3.35. The number of hydrogen-bond acceptors (Lipinski definition) is 5. The van der Waals surface area contributed by atoms with Crippen molar-refractivity contribution in [3.63, 3.8) is 0 Å². The zero-order valence-corrected chi connectivity index (χ0v) is 23.0. The van der Waals surface area contributed by atoms with Gasteiger partial charge in [0, 0.05) is 25.2 Å². The second-order valence-electron chi connectivity index (χ2n) is 11.0. The Bertz CT molecular complexity index is 1140. The Hall–Kier alpha value is -2.44. The number of fused-ring (bicyclic) bond motifs is 1. The van der Waals surface area contributed by atoms with Gasteiger partial charge in [0.1, 0.15) is 5.75 Å². The van der Waals surface area contributed by atoms with Crippen LogP contribution in [0.25, 0.3) is 5.57 Å². The number of nitrogens with zero attached hydrogens (tertiary/aromatic N) is 1. The van der Waals surface area contributed by atoms with E-state index in [-0.39, 0.29) is 5.56 Å². The SMILES string of the molecule is CCCC1CCC(C2CC=C(c3ccc4c(c3)CN(SNc3ccc(C(=O)O)cc3OC)C4)CC2)CC1. The fourth-order valence-corrected chi connectivity index (χ4v) is 7.35. The molecule has 0 amide bonds. The molecule has 5 nitrogen and oxygen atoms in total. The van der Waals surface area contributed by atoms with E-state index in [4.69, 9.17) is 4.74 Å². The number of nitrogens with one attached hydrogen (secondary N) is 1. The molecule has 0 aromatic heterocycles. The number of rotatable bonds is 9. The number of ether oxygens (including phenoxy) is 1. The highest BCUT2D eigenvalue weighted by atomic mass is 32.2. The van der Waals surface area contributed by atoms with Crippen molar-refractivity contribution in [2.24, 2.45) is 17.8 Å². The molecule has 0 radical (unpaired) electrons. The lowest BCUT2D eigenvalue weighted by molar-refractivity contribution is 0.0696. The van der Waals surface area contributed by atoms with E-state index in [1.54, 1.807) is 25.3 Å². The Balaban J connectivity index is 1.15. The maximum atomic E-state index is 11.2. The fourth-order valence-electron chi connectivity index (χ4n) is 6.55. The van der Waals surface area contributed by atoms with E-state index < -0.39 is 5.97 Å². The fraction of sp³-hybridized carbons (Fsp3) is 0.516. The maximum absolute atomic E-state index is 11.2. The second kappa shape index (κ2) is 12.0. The molecule has 1 saturated carbocycles. The molecular weight excluding hydrogens is 480 g/mol. The van der Waals surface area contributed by atoms with Crippen LogP contribution in [-0.4, -0.2) is 22.5 Å². The summed E-state index contributed by atoms with van der Waals surface area (Å²) < 4.78 is 11.0. The van der Waals surface area contributed by atoms with Crippen LogP contribution in [0.2, 0.25) is 0 Å². The monoisotopic (exact) mass is 520 g/mol. The summed E-state index contributed by atoms with van der Waals surface area (Å²) in [5, 5.41) is 9.22. The molecule has 0 spiro atoms. The van der Waals surface area contributed by atoms with E-state index in [9.17, 15) is 9.90 Å². The van der Waals surface area contributed by atoms with Gasteiger partial charge in [-0.1, -0.05) is 50.8 Å². The summed E-state index contributed by atoms with van der Waals surface area (Å²) >= 11 is 1.54. The lowest BCUT2D eigenvalue weighted by Gasteiger charge is -2.35. The lowest BCUT2D eigenvalue weighted by atomic mass is 9.70. The molecular formula is C31H40N2O3S. The molecule has 1 atom stereocenters. The van der Waals surface area contributed by atoms with Crippen LogP contribution in [0, 0.1) is 17.8 Å². The molecule has 0 saturated heterocycles. The van der Waals surface area contributed by atoms with E-state index in [1.165, 1.54) is 92.2 Å². The predicted octanol–water partition coefficient (Wildman–Crippen LogP) is 8.17. The number of aromatic carboxylic acids is 1. The zero-order valence-electron chi connectivity index (χ0n) is 22.2. The summed E-state index contributed by atoms with van der Waals surface area (Å²) in [4.78, 5) is 11.2. The van der Waals surface area contributed by atoms with Gasteiger partial charge >= 0.3 is 5.97 Å². The van der Waals surface area contributed by atoms with Crippen LogP contribution in [0.4, 0.5) is 5.69 Å². The summed E-state index contributed by atoms with van der Waals surface area (Å²) in [6.07, 6.45) is 15.0. The van der Waals surface area contributed by atoms with E-state index >= 15 is 0 Å². The maximum Gasteiger partial charge on any atom is 0.335 e. The third-order valence-corrected chi connectivity index (χ3v) is 9.54. The van der Waals surface area contributed by atoms with Crippen LogP contribution in [0.1, 0.15) is 91.8 Å². The van der Waals surface area contributed by atoms with Crippen LogP contribution in [-0.2, 0) is 13.1 Å². The van der Waals surface area contributed by atoms with Crippen LogP contribution in [0.15, 0.2) is 42.5 Å². The Morgan fingerprint density at radius 3 is 2.57 bits per heavy atom. The normalized spacial score (nSPS) is 23.8. The molecule has 198 valence electrons. The summed E-state index contributed by atoms with van der Waals surface area (Å²) in [6.45, 7) is 4.09. The molecule has 2 aromatic rings. The van der Waals surface area contributed by atoms with E-state index in [1.807, 2.05) is 0 Å². The first kappa shape index (κ1) is 26.2. The van der Waals surface area contributed by atoms with Gasteiger partial charge < -0.3 is 14.6 Å². The standard InChI is InChI=1S/C31H40N2O3S/c1-3-4-21-5-7-22(8-6-21)23-9-11-24(12-10-23)25-13-14-27-19-33(20-28(27)17-25)37-32-29-16-15-26(31(34)35)18-30(29)36-2/h11,13-18,21-23,32H,3-10,12,19-20H2,1-2H3,(H,34,35). The molecule has 5 rings (SSSR count). The quantitative estimate of drug-likeness (QED) is 0.325. The summed E-state index contributed by atoms with van der Waals surface area (Å²) in [6, 6.07) is 11.9. The average molecular weight is 521 g/mol. The van der Waals surface area contributed by atoms with Gasteiger partial charge in [-0.25, -0.2) is 9.10 Å². The van der Waals surface area contributed by atoms with Gasteiger partial charge in [0.2, 0.25) is 0 Å². The van der Waals surface area contributed by atoms with Crippen molar-refractivity contribution < 1.29 is 14.6 Å². The van der Waals surface area contributed by atoms with Crippen LogP contribution < -0.4 is 9.46 Å². The van der Waals surface area contributed by atoms with Crippen molar-refractivity contribution in [3.8, 4) is 5.75 Å². The largest absolute Gasteiger partial charge is 0.495 e. The summed E-state index contributed by atoms with van der Waals surface area (Å²) in [5.74, 6) is 2.41. The Morgan fingerprint density at radius 2 is 1.86 bits per heavy atom. The summed E-state index contributed by atoms with van der Waals surface area (Å²) in [7, 11) is 1.56. The van der Waals surface area contributed by atoms with Crippen LogP contribution in [0.3, 0.4) is 0 Å². The molecule has 2 aromatic carbocycles. The minimum absolute atomic E-state index is 0.219. The first-order valence-electron chi connectivity index (χ1n) is 13.9. The van der Waals surface area contributed by atoms with Crippen molar-refractivity contribution in [1.29, 1.82) is 0 Å². The number of carboxylic acid groups (broad SMARTS) is 1. The highest BCUT2D eigenvalue weighted by Crippen LogP contribution is 2.42. The van der Waals surface area contributed by atoms with Crippen molar-refractivity contribution >= 4 is 29.4 Å². The number of carboxylic acids is 1. The van der Waals surface area contributed by atoms with Crippen LogP contribution >= 0.6 is 12.1 Å². The second-order valence-corrected chi connectivity index (χ2v) is 11.9. The van der Waals surface area contributed by atoms with Gasteiger partial charge in [0.05, 0.1) is 18.4 Å². The van der Waals surface area contributed by atoms with Gasteiger partial charge in [-0.3, -0.25) is 0 Å². The van der Waals surface area contributed by atoms with Gasteiger partial charge in [0.25, 0.3) is 0 Å². The molecule has 0 bridgehead atoms. The Morgan fingerprint density at radius 1 is 1.05 bits per heavy atom. The van der Waals surface area contributed by atoms with Gasteiger partial charge in [-0.05, 0) is 96.4 Å². The number of hydrogen-bond donors (Lipinski definition) is 2. The summed E-state index contributed by atoms with van der Waals surface area (Å²) in [5.41, 5.74) is 6.70. The van der Waals surface area contributed by atoms with Crippen LogP contribution in [0.5, 0.6) is 5.75 Å². The number of benzene rings is 2. The van der Waals surface area contributed by atoms with E-state index in [0.29, 0.717) is 5.75 Å². The molecule has 1 heterocycles. The third kappa shape index (κ3) is 6.18. The van der Waals surface area contributed by atoms with E-state index in [2.05, 4.69) is 40.2 Å². The van der Waals surface area contributed by atoms with Crippen molar-refractivity contribution in [2.75, 3.05) is 11.8 Å². The first-order chi connectivity index (χ1) is 18.0. The number of allylic oxidation sites excluding steroid dienone is 2. The molecule has 2 aliphatic carbocycles. The molecule has 1 aliphatic heterocycles. The third-order valence-electron chi connectivity index (χ3n) is 8.71. The van der Waals surface area contributed by atoms with E-state index in [0.717, 1.165) is 36.5 Å². The number of methoxy groups -OCH3 is 1. The molecule has 6 heteroatoms. The smallest absolute Gasteiger partial charge is 0.335 e. The molecule has 1 unspecified atom stereocenters. The van der Waals surface area contributed by atoms with Gasteiger partial charge in [-0.2, -0.15) is 0 Å². The zero-order chi connectivity index (χ0) is 25.8. The highest BCUT2D eigenvalue weighted by molar-refractivity contribution is 7.98. The minimum atomic E-state index is -0.957. The van der Waals surface area contributed by atoms with Crippen molar-refractivity contribution in [1.82, 2.24) is 4.31 Å². The number of carbonyl (C=O) groups is 1. The molecule has 2 N–H and O–H groups in total. The Labute approximate surface area is 225 Å². The molecule has 3 aliphatic rings. The topological polar surface area (TPSA) is 61.8 Å². The van der Waals surface area contributed by atoms with Gasteiger partial charge in [0.15, 0.2) is 0 Å². The van der Waals surface area contributed by atoms with Gasteiger partial charge in [-0.15, -0.1) is 0 Å². The minimum Gasteiger partial charge on any atom is -0.495 e. The lowest BCUT2D eigenvalue weighted by Crippen LogP contribution is -2.23. The first-order valence-corrected chi connectivity index (χ1v) is 14.7. The number of anilines is 1. The van der Waals surface area contributed by atoms with Crippen molar-refractivity contribution in [2.45, 2.75) is 77.8 Å². The predicted molar refractivity (Wildman–Crippen MR) is 153 cm³/mol. The Kier molecular flexibility index (Phi) is 8.46.